The number of pyridine rings is 1. The van der Waals surface area contributed by atoms with Gasteiger partial charge < -0.3 is 15.4 Å². The molecule has 3 heterocycles. The number of hydrazone groups is 1. The molecule has 0 aromatic carbocycles. The molecule has 1 aromatic rings. The maximum Gasteiger partial charge on any atom is 0.387 e. The van der Waals surface area contributed by atoms with Crippen LogP contribution in [0.3, 0.4) is 0 Å². The predicted octanol–water partition coefficient (Wildman–Crippen LogP) is 3.11. The first-order valence-electron chi connectivity index (χ1n) is 12.2. The minimum absolute atomic E-state index is 0.0502. The number of hydrogen-bond donors (Lipinski definition) is 1. The van der Waals surface area contributed by atoms with Crippen molar-refractivity contribution in [3.05, 3.63) is 17.8 Å². The van der Waals surface area contributed by atoms with Gasteiger partial charge in [0.25, 0.3) is 0 Å². The molecule has 2 saturated carbocycles. The van der Waals surface area contributed by atoms with Crippen LogP contribution in [0.2, 0.25) is 0 Å². The van der Waals surface area contributed by atoms with E-state index in [0.717, 1.165) is 42.2 Å². The molecule has 2 N–H and O–H groups in total. The van der Waals surface area contributed by atoms with Gasteiger partial charge in [-0.15, -0.1) is 0 Å². The molecule has 2 saturated heterocycles. The Morgan fingerprint density at radius 2 is 1.94 bits per heavy atom. The van der Waals surface area contributed by atoms with Gasteiger partial charge >= 0.3 is 6.61 Å². The summed E-state index contributed by atoms with van der Waals surface area (Å²) in [6, 6.07) is 4.05. The average Bonchev–Trinajstić information content (AvgIpc) is 3.16. The number of fused-ring (bicyclic) bond motifs is 3. The second-order valence-electron chi connectivity index (χ2n) is 10.7. The maximum atomic E-state index is 12.7. The molecule has 7 nitrogen and oxygen atoms in total. The molecule has 2 aliphatic heterocycles. The Labute approximate surface area is 194 Å². The van der Waals surface area contributed by atoms with Crippen LogP contribution in [-0.4, -0.2) is 83.0 Å². The first-order valence-corrected chi connectivity index (χ1v) is 12.2. The molecule has 1 unspecified atom stereocenters. The lowest BCUT2D eigenvalue weighted by Crippen LogP contribution is -2.49. The number of alkyl halides is 2. The van der Waals surface area contributed by atoms with Crippen molar-refractivity contribution in [2.45, 2.75) is 70.8 Å². The quantitative estimate of drug-likeness (QED) is 0.473. The third kappa shape index (κ3) is 4.41. The van der Waals surface area contributed by atoms with Crippen molar-refractivity contribution in [1.29, 1.82) is 0 Å². The Bertz CT molecular complexity index is 897. The summed E-state index contributed by atoms with van der Waals surface area (Å²) in [6.07, 6.45) is 5.56. The van der Waals surface area contributed by atoms with E-state index in [9.17, 15) is 8.78 Å². The summed E-state index contributed by atoms with van der Waals surface area (Å²) >= 11 is 0. The number of likely N-dealkylation sites (N-methyl/N-ethyl adjacent to an activating group) is 1. The zero-order chi connectivity index (χ0) is 23.4. The highest BCUT2D eigenvalue weighted by Crippen LogP contribution is 2.59. The van der Waals surface area contributed by atoms with Gasteiger partial charge in [-0.1, -0.05) is 0 Å². The molecule has 182 valence electrons. The van der Waals surface area contributed by atoms with Gasteiger partial charge in [-0.05, 0) is 70.9 Å². The molecule has 6 atom stereocenters. The van der Waals surface area contributed by atoms with Crippen LogP contribution in [0.4, 0.5) is 14.6 Å². The van der Waals surface area contributed by atoms with Crippen LogP contribution in [0.5, 0.6) is 5.75 Å². The van der Waals surface area contributed by atoms with E-state index in [4.69, 9.17) is 10.8 Å². The molecule has 1 aromatic heterocycles. The number of likely N-dealkylation sites (tertiary alicyclic amines) is 2. The molecule has 0 radical (unpaired) electrons. The summed E-state index contributed by atoms with van der Waals surface area (Å²) in [5.41, 5.74) is 7.02. The highest BCUT2D eigenvalue weighted by atomic mass is 19.3. The number of nitrogens with zero attached hydrogens (tertiary/aromatic N) is 5. The Kier molecular flexibility index (Phi) is 5.97. The van der Waals surface area contributed by atoms with Gasteiger partial charge in [0.2, 0.25) is 0 Å². The van der Waals surface area contributed by atoms with Gasteiger partial charge in [0.05, 0.1) is 5.71 Å². The fraction of sp³-hybridized carbons (Fsp3) is 0.750. The maximum absolute atomic E-state index is 12.7. The summed E-state index contributed by atoms with van der Waals surface area (Å²) in [7, 11) is 2.26. The van der Waals surface area contributed by atoms with E-state index >= 15 is 0 Å². The molecule has 2 bridgehead atoms. The van der Waals surface area contributed by atoms with Crippen LogP contribution in [0.1, 0.15) is 45.6 Å². The molecule has 0 spiro atoms. The van der Waals surface area contributed by atoms with Crippen LogP contribution in [0.15, 0.2) is 17.4 Å². The Balaban J connectivity index is 1.20. The standard InChI is InChI=1S/C24H36F2N6O/c1-13(2)32(29-14(3)15-5-22(33-24(25)26)23(27)28-9-15)12-21-19-7-16(8-20(19)21)31-11-17-6-18(31)10-30(17)4/h5,9,13,16-21,24H,6-8,10-12H2,1-4H3,(H2,27,28)/b29-14+/t16?,17-,18-,19-,20+,21+/m0/s1. The number of hydrogen-bond acceptors (Lipinski definition) is 7. The van der Waals surface area contributed by atoms with Gasteiger partial charge in [0.15, 0.2) is 11.6 Å². The first kappa shape index (κ1) is 22.8. The van der Waals surface area contributed by atoms with Gasteiger partial charge in [0.1, 0.15) is 0 Å². The van der Waals surface area contributed by atoms with E-state index < -0.39 is 6.61 Å². The number of nitrogens with two attached hydrogens (primary N) is 1. The zero-order valence-corrected chi connectivity index (χ0v) is 20.0. The van der Waals surface area contributed by atoms with E-state index in [2.05, 4.69) is 45.4 Å². The van der Waals surface area contributed by atoms with Crippen molar-refractivity contribution in [1.82, 2.24) is 19.8 Å². The molecular weight excluding hydrogens is 426 g/mol. The SMILES string of the molecule is C/C(=N\N(C[C@H]1[C@@H]2CC(N3C[C@@H]4C[C@H]3CN4C)C[C@@H]21)C(C)C)c1cnc(N)c(OC(F)F)c1. The minimum Gasteiger partial charge on any atom is -0.431 e. The number of ether oxygens (including phenoxy) is 1. The van der Waals surface area contributed by atoms with Gasteiger partial charge in [-0.25, -0.2) is 4.98 Å². The normalized spacial score (nSPS) is 33.9. The third-order valence-corrected chi connectivity index (χ3v) is 8.41. The lowest BCUT2D eigenvalue weighted by atomic mass is 10.0. The number of halogens is 2. The molecule has 33 heavy (non-hydrogen) atoms. The number of anilines is 1. The zero-order valence-electron chi connectivity index (χ0n) is 20.0. The lowest BCUT2D eigenvalue weighted by molar-refractivity contribution is -0.0495. The van der Waals surface area contributed by atoms with Crippen LogP contribution < -0.4 is 10.5 Å². The van der Waals surface area contributed by atoms with Crippen molar-refractivity contribution in [3.8, 4) is 5.75 Å². The Morgan fingerprint density at radius 3 is 2.52 bits per heavy atom. The van der Waals surface area contributed by atoms with Crippen LogP contribution >= 0.6 is 0 Å². The molecule has 4 fully saturated rings. The third-order valence-electron chi connectivity index (χ3n) is 8.41. The fourth-order valence-electron chi connectivity index (χ4n) is 6.51. The van der Waals surface area contributed by atoms with Crippen molar-refractivity contribution in [2.75, 3.05) is 32.4 Å². The van der Waals surface area contributed by atoms with Crippen molar-refractivity contribution in [3.63, 3.8) is 0 Å². The first-order chi connectivity index (χ1) is 15.7. The van der Waals surface area contributed by atoms with Crippen molar-refractivity contribution in [2.24, 2.45) is 22.9 Å². The number of piperazine rings is 1. The molecule has 9 heteroatoms. The monoisotopic (exact) mass is 462 g/mol. The summed E-state index contributed by atoms with van der Waals surface area (Å²) in [6.45, 7) is 6.64. The summed E-state index contributed by atoms with van der Waals surface area (Å²) in [5, 5.41) is 6.99. The second-order valence-corrected chi connectivity index (χ2v) is 10.7. The van der Waals surface area contributed by atoms with Crippen LogP contribution in [0.25, 0.3) is 0 Å². The lowest BCUT2D eigenvalue weighted by Gasteiger charge is -2.37. The van der Waals surface area contributed by atoms with Crippen LogP contribution in [0, 0.1) is 17.8 Å². The predicted molar refractivity (Wildman–Crippen MR) is 124 cm³/mol. The van der Waals surface area contributed by atoms with E-state index in [-0.39, 0.29) is 17.6 Å². The number of aromatic nitrogens is 1. The molecule has 2 aliphatic carbocycles. The smallest absolute Gasteiger partial charge is 0.387 e. The van der Waals surface area contributed by atoms with E-state index in [1.165, 1.54) is 38.4 Å². The fourth-order valence-corrected chi connectivity index (χ4v) is 6.51. The van der Waals surface area contributed by atoms with E-state index in [0.29, 0.717) is 11.5 Å². The second kappa shape index (κ2) is 8.65. The molecule has 4 aliphatic rings. The summed E-state index contributed by atoms with van der Waals surface area (Å²) in [4.78, 5) is 9.34. The van der Waals surface area contributed by atoms with Crippen LogP contribution in [-0.2, 0) is 0 Å². The Hall–Kier alpha value is -2.00. The summed E-state index contributed by atoms with van der Waals surface area (Å²) < 4.78 is 29.8. The highest BCUT2D eigenvalue weighted by Gasteiger charge is 2.59. The van der Waals surface area contributed by atoms with Gasteiger partial charge in [-0.2, -0.15) is 13.9 Å². The van der Waals surface area contributed by atoms with E-state index in [1.807, 2.05) is 6.92 Å². The van der Waals surface area contributed by atoms with Crippen molar-refractivity contribution >= 4 is 11.5 Å². The largest absolute Gasteiger partial charge is 0.431 e. The van der Waals surface area contributed by atoms with Gasteiger partial charge in [0, 0.05) is 55.6 Å². The highest BCUT2D eigenvalue weighted by molar-refractivity contribution is 5.98. The Morgan fingerprint density at radius 1 is 1.21 bits per heavy atom. The summed E-state index contributed by atoms with van der Waals surface area (Å²) in [5.74, 6) is 2.16. The molecule has 5 rings (SSSR count). The number of rotatable bonds is 8. The number of nitrogen functional groups attached to an aromatic ring is 1. The van der Waals surface area contributed by atoms with Crippen molar-refractivity contribution < 1.29 is 13.5 Å². The van der Waals surface area contributed by atoms with Gasteiger partial charge in [-0.3, -0.25) is 9.91 Å². The molecular formula is C24H36F2N6O. The van der Waals surface area contributed by atoms with E-state index in [1.54, 1.807) is 6.20 Å². The average molecular weight is 463 g/mol. The minimum atomic E-state index is -2.94. The topological polar surface area (TPSA) is 70.2 Å². The molecule has 0 amide bonds.